The van der Waals surface area contributed by atoms with E-state index in [0.717, 1.165) is 16.8 Å². The molecule has 1 heterocycles. The Balaban J connectivity index is 2.01. The Labute approximate surface area is 125 Å². The van der Waals surface area contributed by atoms with Gasteiger partial charge in [0.15, 0.2) is 0 Å². The van der Waals surface area contributed by atoms with Crippen LogP contribution in [0.15, 0.2) is 29.0 Å². The lowest BCUT2D eigenvalue weighted by molar-refractivity contribution is 0.198. The molecule has 1 aromatic carbocycles. The van der Waals surface area contributed by atoms with Crippen LogP contribution in [-0.2, 0) is 17.8 Å². The third kappa shape index (κ3) is 4.09. The van der Waals surface area contributed by atoms with Crippen LogP contribution in [0.25, 0.3) is 0 Å². The molecule has 0 amide bonds. The minimum absolute atomic E-state index is 0.256. The number of methoxy groups -OCH3 is 1. The summed E-state index contributed by atoms with van der Waals surface area (Å²) in [5, 5.41) is 7.32. The van der Waals surface area contributed by atoms with Crippen LogP contribution in [0.3, 0.4) is 0 Å². The average Bonchev–Trinajstić information content (AvgIpc) is 2.85. The molecule has 5 nitrogen and oxygen atoms in total. The SMILES string of the molecule is COCCNCc1ncnn1Cc1ccc(Br)cc1F. The lowest BCUT2D eigenvalue weighted by atomic mass is 10.2. The quantitative estimate of drug-likeness (QED) is 0.781. The zero-order valence-electron chi connectivity index (χ0n) is 11.1. The first-order valence-corrected chi connectivity index (χ1v) is 7.00. The van der Waals surface area contributed by atoms with Gasteiger partial charge in [0, 0.05) is 23.7 Å². The Bertz CT molecular complexity index is 561. The zero-order chi connectivity index (χ0) is 14.4. The number of halogens is 2. The molecule has 0 radical (unpaired) electrons. The molecule has 0 atom stereocenters. The number of ether oxygens (including phenoxy) is 1. The molecular formula is C13H16BrFN4O. The van der Waals surface area contributed by atoms with Crippen molar-refractivity contribution in [3.05, 3.63) is 46.2 Å². The van der Waals surface area contributed by atoms with Crippen molar-refractivity contribution < 1.29 is 9.13 Å². The fraction of sp³-hybridized carbons (Fsp3) is 0.385. The van der Waals surface area contributed by atoms with Crippen molar-refractivity contribution in [1.82, 2.24) is 20.1 Å². The molecule has 0 aliphatic carbocycles. The fourth-order valence-corrected chi connectivity index (χ4v) is 2.08. The van der Waals surface area contributed by atoms with Crippen LogP contribution in [0.2, 0.25) is 0 Å². The van der Waals surface area contributed by atoms with Gasteiger partial charge >= 0.3 is 0 Å². The standard InChI is InChI=1S/C13H16BrFN4O/c1-20-5-4-16-7-13-17-9-18-19(13)8-10-2-3-11(14)6-12(10)15/h2-3,6,9,16H,4-5,7-8H2,1H3. The first-order valence-electron chi connectivity index (χ1n) is 6.21. The highest BCUT2D eigenvalue weighted by Crippen LogP contribution is 2.16. The summed E-state index contributed by atoms with van der Waals surface area (Å²) in [6, 6.07) is 5.00. The van der Waals surface area contributed by atoms with Crippen molar-refractivity contribution in [2.45, 2.75) is 13.1 Å². The average molecular weight is 343 g/mol. The number of nitrogens with zero attached hydrogens (tertiary/aromatic N) is 3. The van der Waals surface area contributed by atoms with Gasteiger partial charge < -0.3 is 10.1 Å². The van der Waals surface area contributed by atoms with E-state index in [1.807, 2.05) is 6.07 Å². The zero-order valence-corrected chi connectivity index (χ0v) is 12.7. The smallest absolute Gasteiger partial charge is 0.141 e. The minimum atomic E-state index is -0.256. The van der Waals surface area contributed by atoms with E-state index < -0.39 is 0 Å². The molecule has 20 heavy (non-hydrogen) atoms. The molecular weight excluding hydrogens is 327 g/mol. The molecule has 1 N–H and O–H groups in total. The van der Waals surface area contributed by atoms with Crippen LogP contribution in [0.5, 0.6) is 0 Å². The molecule has 0 bridgehead atoms. The summed E-state index contributed by atoms with van der Waals surface area (Å²) < 4.78 is 21.2. The molecule has 0 aliphatic heterocycles. The number of hydrogen-bond donors (Lipinski definition) is 1. The van der Waals surface area contributed by atoms with Gasteiger partial charge in [-0.15, -0.1) is 0 Å². The molecule has 0 spiro atoms. The molecule has 0 aliphatic rings. The highest BCUT2D eigenvalue weighted by Gasteiger charge is 2.08. The van der Waals surface area contributed by atoms with Gasteiger partial charge in [-0.2, -0.15) is 5.10 Å². The highest BCUT2D eigenvalue weighted by molar-refractivity contribution is 9.10. The molecule has 0 saturated heterocycles. The lowest BCUT2D eigenvalue weighted by Gasteiger charge is -2.08. The van der Waals surface area contributed by atoms with Crippen LogP contribution < -0.4 is 5.32 Å². The van der Waals surface area contributed by atoms with Gasteiger partial charge in [-0.05, 0) is 12.1 Å². The Morgan fingerprint density at radius 2 is 2.30 bits per heavy atom. The summed E-state index contributed by atoms with van der Waals surface area (Å²) in [6.07, 6.45) is 1.48. The highest BCUT2D eigenvalue weighted by atomic mass is 79.9. The molecule has 0 fully saturated rings. The molecule has 0 unspecified atom stereocenters. The maximum absolute atomic E-state index is 13.8. The summed E-state index contributed by atoms with van der Waals surface area (Å²) in [6.45, 7) is 2.30. The fourth-order valence-electron chi connectivity index (χ4n) is 1.74. The number of nitrogens with one attached hydrogen (secondary N) is 1. The van der Waals surface area contributed by atoms with Gasteiger partial charge in [-0.1, -0.05) is 22.0 Å². The van der Waals surface area contributed by atoms with E-state index in [1.165, 1.54) is 12.4 Å². The maximum Gasteiger partial charge on any atom is 0.141 e. The van der Waals surface area contributed by atoms with E-state index in [0.29, 0.717) is 25.3 Å². The number of hydrogen-bond acceptors (Lipinski definition) is 4. The van der Waals surface area contributed by atoms with E-state index in [2.05, 4.69) is 31.3 Å². The molecule has 108 valence electrons. The second kappa shape index (κ2) is 7.47. The predicted octanol–water partition coefficient (Wildman–Crippen LogP) is 1.96. The third-order valence-electron chi connectivity index (χ3n) is 2.80. The lowest BCUT2D eigenvalue weighted by Crippen LogP contribution is -2.21. The second-order valence-electron chi connectivity index (χ2n) is 4.24. The van der Waals surface area contributed by atoms with Crippen LogP contribution in [0.4, 0.5) is 4.39 Å². The molecule has 1 aromatic heterocycles. The molecule has 2 aromatic rings. The first-order chi connectivity index (χ1) is 9.70. The Hall–Kier alpha value is -1.31. The molecule has 0 saturated carbocycles. The van der Waals surface area contributed by atoms with E-state index in [1.54, 1.807) is 17.9 Å². The topological polar surface area (TPSA) is 52.0 Å². The summed E-state index contributed by atoms with van der Waals surface area (Å²) in [4.78, 5) is 4.17. The normalized spacial score (nSPS) is 10.9. The largest absolute Gasteiger partial charge is 0.383 e. The second-order valence-corrected chi connectivity index (χ2v) is 5.15. The summed E-state index contributed by atoms with van der Waals surface area (Å²) in [7, 11) is 1.65. The molecule has 2 rings (SSSR count). The van der Waals surface area contributed by atoms with Crippen molar-refractivity contribution in [3.63, 3.8) is 0 Å². The van der Waals surface area contributed by atoms with E-state index >= 15 is 0 Å². The Morgan fingerprint density at radius 3 is 3.05 bits per heavy atom. The van der Waals surface area contributed by atoms with E-state index in [-0.39, 0.29) is 5.82 Å². The van der Waals surface area contributed by atoms with Crippen molar-refractivity contribution in [1.29, 1.82) is 0 Å². The van der Waals surface area contributed by atoms with Gasteiger partial charge in [0.1, 0.15) is 18.0 Å². The van der Waals surface area contributed by atoms with Crippen molar-refractivity contribution in [2.75, 3.05) is 20.3 Å². The third-order valence-corrected chi connectivity index (χ3v) is 3.29. The number of aromatic nitrogens is 3. The predicted molar refractivity (Wildman–Crippen MR) is 76.8 cm³/mol. The minimum Gasteiger partial charge on any atom is -0.383 e. The van der Waals surface area contributed by atoms with Gasteiger partial charge in [0.05, 0.1) is 19.7 Å². The summed E-state index contributed by atoms with van der Waals surface area (Å²) >= 11 is 3.24. The molecule has 7 heteroatoms. The van der Waals surface area contributed by atoms with Crippen LogP contribution >= 0.6 is 15.9 Å². The summed E-state index contributed by atoms with van der Waals surface area (Å²) in [5.74, 6) is 0.511. The van der Waals surface area contributed by atoms with Gasteiger partial charge in [0.2, 0.25) is 0 Å². The van der Waals surface area contributed by atoms with Gasteiger partial charge in [0.25, 0.3) is 0 Å². The monoisotopic (exact) mass is 342 g/mol. The van der Waals surface area contributed by atoms with Gasteiger partial charge in [-0.3, -0.25) is 0 Å². The van der Waals surface area contributed by atoms with Crippen molar-refractivity contribution in [3.8, 4) is 0 Å². The van der Waals surface area contributed by atoms with E-state index in [4.69, 9.17) is 4.74 Å². The Morgan fingerprint density at radius 1 is 1.45 bits per heavy atom. The van der Waals surface area contributed by atoms with Gasteiger partial charge in [-0.25, -0.2) is 14.1 Å². The number of benzene rings is 1. The van der Waals surface area contributed by atoms with Crippen molar-refractivity contribution in [2.24, 2.45) is 0 Å². The van der Waals surface area contributed by atoms with E-state index in [9.17, 15) is 4.39 Å². The van der Waals surface area contributed by atoms with Crippen molar-refractivity contribution >= 4 is 15.9 Å². The number of rotatable bonds is 7. The van der Waals surface area contributed by atoms with Crippen LogP contribution in [-0.4, -0.2) is 35.0 Å². The Kier molecular flexibility index (Phi) is 5.63. The van der Waals surface area contributed by atoms with Crippen LogP contribution in [0, 0.1) is 5.82 Å². The first kappa shape index (κ1) is 15.1. The summed E-state index contributed by atoms with van der Waals surface area (Å²) in [5.41, 5.74) is 0.580. The maximum atomic E-state index is 13.8. The van der Waals surface area contributed by atoms with Crippen LogP contribution in [0.1, 0.15) is 11.4 Å².